The number of hydrogen-bond acceptors (Lipinski definition) is 4. The summed E-state index contributed by atoms with van der Waals surface area (Å²) in [6, 6.07) is 10.1. The molecule has 208 valence electrons. The Hall–Kier alpha value is -2.20. The van der Waals surface area contributed by atoms with Gasteiger partial charge in [-0.1, -0.05) is 42.3 Å². The first-order chi connectivity index (χ1) is 17.7. The van der Waals surface area contributed by atoms with Crippen molar-refractivity contribution in [1.82, 2.24) is 9.21 Å². The van der Waals surface area contributed by atoms with Gasteiger partial charge in [-0.3, -0.25) is 9.59 Å². The third-order valence-electron chi connectivity index (χ3n) is 7.34. The fraction of sp³-hybridized carbons (Fsp3) is 0.481. The first-order valence-corrected chi connectivity index (χ1v) is 14.7. The van der Waals surface area contributed by atoms with Crippen LogP contribution in [0.1, 0.15) is 63.1 Å². The van der Waals surface area contributed by atoms with Crippen molar-refractivity contribution in [3.8, 4) is 0 Å². The van der Waals surface area contributed by atoms with Crippen LogP contribution in [-0.2, 0) is 19.6 Å². The number of carbonyl (C=O) groups is 2. The molecular formula is C27H33Cl2FN2O5S. The summed E-state index contributed by atoms with van der Waals surface area (Å²) in [6.45, 7) is 5.16. The fourth-order valence-electron chi connectivity index (χ4n) is 5.28. The second kappa shape index (κ2) is 11.9. The van der Waals surface area contributed by atoms with E-state index in [0.29, 0.717) is 17.0 Å². The SMILES string of the molecule is CCS(=O)(=O)N(C)CC[C@H](C)N1C(=O)[C@@](C)(CC(=O)O)C[C@H](c2cc(F)cc(Cl)c2)[C@H]1c1ccc(Cl)cc1. The zero-order valence-electron chi connectivity index (χ0n) is 21.8. The Morgan fingerprint density at radius 1 is 1.18 bits per heavy atom. The Morgan fingerprint density at radius 3 is 2.37 bits per heavy atom. The smallest absolute Gasteiger partial charge is 0.304 e. The van der Waals surface area contributed by atoms with Crippen LogP contribution >= 0.6 is 23.2 Å². The monoisotopic (exact) mass is 586 g/mol. The number of carboxylic acid groups (broad SMARTS) is 1. The molecule has 1 N–H and O–H groups in total. The summed E-state index contributed by atoms with van der Waals surface area (Å²) in [5, 5.41) is 10.4. The summed E-state index contributed by atoms with van der Waals surface area (Å²) in [5.41, 5.74) is 0.00211. The van der Waals surface area contributed by atoms with Gasteiger partial charge in [-0.25, -0.2) is 17.1 Å². The third-order valence-corrected chi connectivity index (χ3v) is 9.68. The van der Waals surface area contributed by atoms with Crippen molar-refractivity contribution in [3.63, 3.8) is 0 Å². The van der Waals surface area contributed by atoms with E-state index in [9.17, 15) is 27.5 Å². The van der Waals surface area contributed by atoms with Gasteiger partial charge in [-0.15, -0.1) is 0 Å². The lowest BCUT2D eigenvalue weighted by atomic mass is 9.67. The van der Waals surface area contributed by atoms with Crippen LogP contribution in [0, 0.1) is 11.2 Å². The van der Waals surface area contributed by atoms with E-state index in [0.717, 1.165) is 5.56 Å². The van der Waals surface area contributed by atoms with Gasteiger partial charge in [0.1, 0.15) is 5.82 Å². The Labute approximate surface area is 233 Å². The molecule has 2 aromatic rings. The summed E-state index contributed by atoms with van der Waals surface area (Å²) in [5.74, 6) is -2.56. The predicted octanol–water partition coefficient (Wildman–Crippen LogP) is 5.73. The molecule has 1 fully saturated rings. The van der Waals surface area contributed by atoms with Crippen molar-refractivity contribution in [2.75, 3.05) is 19.3 Å². The molecule has 3 rings (SSSR count). The molecule has 0 unspecified atom stereocenters. The Balaban J connectivity index is 2.15. The molecule has 0 radical (unpaired) electrons. The standard InChI is InChI=1S/C27H33Cl2FN2O5S/c1-5-38(36,37)31(4)11-10-17(2)32-25(18-6-8-20(28)9-7-18)23(19-12-21(29)14-22(30)13-19)15-27(3,26(32)35)16-24(33)34/h6-9,12-14,17,23,25H,5,10-11,15-16H2,1-4H3,(H,33,34)/t17-,23+,25+,27+/m0/s1. The fourth-order valence-corrected chi connectivity index (χ4v) is 6.46. The van der Waals surface area contributed by atoms with E-state index in [1.165, 1.54) is 23.5 Å². The van der Waals surface area contributed by atoms with Crippen molar-refractivity contribution < 1.29 is 27.5 Å². The lowest BCUT2D eigenvalue weighted by molar-refractivity contribution is -0.160. The van der Waals surface area contributed by atoms with E-state index in [1.807, 2.05) is 6.92 Å². The molecule has 11 heteroatoms. The van der Waals surface area contributed by atoms with Crippen LogP contribution in [0.15, 0.2) is 42.5 Å². The average Bonchev–Trinajstić information content (AvgIpc) is 2.83. The Kier molecular flexibility index (Phi) is 9.50. The topological polar surface area (TPSA) is 95.0 Å². The van der Waals surface area contributed by atoms with Crippen molar-refractivity contribution in [3.05, 3.63) is 69.5 Å². The van der Waals surface area contributed by atoms with Gasteiger partial charge in [0, 0.05) is 35.6 Å². The number of benzene rings is 2. The number of rotatable bonds is 10. The van der Waals surface area contributed by atoms with Crippen LogP contribution < -0.4 is 0 Å². The van der Waals surface area contributed by atoms with Gasteiger partial charge in [0.05, 0.1) is 23.6 Å². The Morgan fingerprint density at radius 2 is 1.82 bits per heavy atom. The summed E-state index contributed by atoms with van der Waals surface area (Å²) in [7, 11) is -1.94. The molecule has 7 nitrogen and oxygen atoms in total. The van der Waals surface area contributed by atoms with E-state index in [2.05, 4.69) is 0 Å². The number of hydrogen-bond donors (Lipinski definition) is 1. The van der Waals surface area contributed by atoms with Gasteiger partial charge < -0.3 is 10.0 Å². The van der Waals surface area contributed by atoms with E-state index in [-0.39, 0.29) is 29.6 Å². The number of sulfonamides is 1. The highest BCUT2D eigenvalue weighted by Crippen LogP contribution is 2.52. The molecule has 38 heavy (non-hydrogen) atoms. The van der Waals surface area contributed by atoms with Gasteiger partial charge >= 0.3 is 5.97 Å². The van der Waals surface area contributed by atoms with Crippen LogP contribution in [0.25, 0.3) is 0 Å². The maximum atomic E-state index is 14.5. The molecule has 2 aromatic carbocycles. The van der Waals surface area contributed by atoms with E-state index in [4.69, 9.17) is 23.2 Å². The van der Waals surface area contributed by atoms with E-state index in [1.54, 1.807) is 49.1 Å². The molecule has 0 aliphatic carbocycles. The molecule has 4 atom stereocenters. The summed E-state index contributed by atoms with van der Waals surface area (Å²) < 4.78 is 40.4. The second-order valence-electron chi connectivity index (χ2n) is 10.2. The molecule has 1 saturated heterocycles. The molecule has 0 bridgehead atoms. The van der Waals surface area contributed by atoms with Gasteiger partial charge in [0.2, 0.25) is 15.9 Å². The molecular weight excluding hydrogens is 554 g/mol. The van der Waals surface area contributed by atoms with Gasteiger partial charge in [-0.05, 0) is 68.1 Å². The minimum atomic E-state index is -3.43. The number of carbonyl (C=O) groups excluding carboxylic acids is 1. The number of likely N-dealkylation sites (tertiary alicyclic amines) is 1. The first-order valence-electron chi connectivity index (χ1n) is 12.4. The number of amides is 1. The van der Waals surface area contributed by atoms with Crippen LogP contribution in [0.4, 0.5) is 4.39 Å². The molecule has 0 saturated carbocycles. The highest BCUT2D eigenvalue weighted by molar-refractivity contribution is 7.89. The second-order valence-corrected chi connectivity index (χ2v) is 13.5. The van der Waals surface area contributed by atoms with Crippen LogP contribution in [0.3, 0.4) is 0 Å². The van der Waals surface area contributed by atoms with Gasteiger partial charge in [-0.2, -0.15) is 0 Å². The summed E-state index contributed by atoms with van der Waals surface area (Å²) in [6.07, 6.45) is 0.0515. The van der Waals surface area contributed by atoms with Gasteiger partial charge in [0.25, 0.3) is 0 Å². The molecule has 0 aromatic heterocycles. The molecule has 1 aliphatic rings. The van der Waals surface area contributed by atoms with Crippen molar-refractivity contribution in [2.24, 2.45) is 5.41 Å². The number of halogens is 3. The zero-order chi connectivity index (χ0) is 28.4. The van der Waals surface area contributed by atoms with Crippen molar-refractivity contribution >= 4 is 45.1 Å². The number of piperidine rings is 1. The normalized spacial score (nSPS) is 23.1. The minimum absolute atomic E-state index is 0.0486. The summed E-state index contributed by atoms with van der Waals surface area (Å²) in [4.78, 5) is 27.6. The molecule has 0 spiro atoms. The molecule has 1 amide bonds. The number of carboxylic acids is 1. The van der Waals surface area contributed by atoms with Crippen LogP contribution in [0.2, 0.25) is 10.0 Å². The highest BCUT2D eigenvalue weighted by atomic mass is 35.5. The summed E-state index contributed by atoms with van der Waals surface area (Å²) >= 11 is 12.4. The lowest BCUT2D eigenvalue weighted by Gasteiger charge is -2.51. The first kappa shape index (κ1) is 30.3. The number of aliphatic carboxylic acids is 1. The van der Waals surface area contributed by atoms with Crippen molar-refractivity contribution in [2.45, 2.75) is 58.0 Å². The highest BCUT2D eigenvalue weighted by Gasteiger charge is 2.52. The largest absolute Gasteiger partial charge is 0.481 e. The van der Waals surface area contributed by atoms with Gasteiger partial charge in [0.15, 0.2) is 0 Å². The maximum Gasteiger partial charge on any atom is 0.304 e. The zero-order valence-corrected chi connectivity index (χ0v) is 24.2. The van der Waals surface area contributed by atoms with E-state index < -0.39 is 51.6 Å². The maximum absolute atomic E-state index is 14.5. The molecule has 1 aliphatic heterocycles. The molecule has 1 heterocycles. The van der Waals surface area contributed by atoms with Crippen LogP contribution in [0.5, 0.6) is 0 Å². The lowest BCUT2D eigenvalue weighted by Crippen LogP contribution is -2.56. The van der Waals surface area contributed by atoms with E-state index >= 15 is 0 Å². The minimum Gasteiger partial charge on any atom is -0.481 e. The Bertz CT molecular complexity index is 1270. The van der Waals surface area contributed by atoms with Crippen LogP contribution in [-0.4, -0.2) is 60.0 Å². The predicted molar refractivity (Wildman–Crippen MR) is 146 cm³/mol. The third kappa shape index (κ3) is 6.68. The number of nitrogens with zero attached hydrogens (tertiary/aromatic N) is 2. The average molecular weight is 588 g/mol. The quantitative estimate of drug-likeness (QED) is 0.383. The van der Waals surface area contributed by atoms with Crippen molar-refractivity contribution in [1.29, 1.82) is 0 Å².